The Hall–Kier alpha value is -1.51. The number of rotatable bonds is 0. The fraction of sp³-hybridized carbons (Fsp3) is 0.462. The SMILES string of the molecule is CC1NC(=O)Oc2ccc(C(C)(C)C)cc21. The van der Waals surface area contributed by atoms with E-state index in [1.54, 1.807) is 0 Å². The van der Waals surface area contributed by atoms with Crippen molar-refractivity contribution in [3.05, 3.63) is 29.3 Å². The molecule has 1 aliphatic rings. The molecule has 0 aromatic heterocycles. The van der Waals surface area contributed by atoms with Gasteiger partial charge in [0.2, 0.25) is 0 Å². The van der Waals surface area contributed by atoms with Gasteiger partial charge in [0.15, 0.2) is 0 Å². The molecule has 0 spiro atoms. The van der Waals surface area contributed by atoms with Gasteiger partial charge in [0.25, 0.3) is 0 Å². The van der Waals surface area contributed by atoms with Crippen LogP contribution in [0.5, 0.6) is 5.75 Å². The Morgan fingerprint density at radius 1 is 1.31 bits per heavy atom. The molecular weight excluding hydrogens is 202 g/mol. The van der Waals surface area contributed by atoms with Gasteiger partial charge in [-0.05, 0) is 30.0 Å². The molecule has 86 valence electrons. The predicted molar refractivity (Wildman–Crippen MR) is 62.7 cm³/mol. The number of carbonyl (C=O) groups excluding carboxylic acids is 1. The summed E-state index contributed by atoms with van der Waals surface area (Å²) < 4.78 is 5.12. The molecule has 1 aliphatic heterocycles. The third-order valence-corrected chi connectivity index (χ3v) is 2.88. The minimum Gasteiger partial charge on any atom is -0.410 e. The third kappa shape index (κ3) is 1.90. The first kappa shape index (κ1) is 11.0. The predicted octanol–water partition coefficient (Wildman–Crippen LogP) is 3.15. The number of benzene rings is 1. The van der Waals surface area contributed by atoms with Crippen molar-refractivity contribution in [2.75, 3.05) is 0 Å². The number of carbonyl (C=O) groups is 1. The Labute approximate surface area is 95.8 Å². The minimum absolute atomic E-state index is 0.0125. The van der Waals surface area contributed by atoms with Gasteiger partial charge in [0, 0.05) is 5.56 Å². The molecule has 1 atom stereocenters. The molecule has 1 heterocycles. The molecule has 1 aromatic carbocycles. The first-order valence-electron chi connectivity index (χ1n) is 5.51. The van der Waals surface area contributed by atoms with Crippen molar-refractivity contribution in [1.29, 1.82) is 0 Å². The van der Waals surface area contributed by atoms with Crippen molar-refractivity contribution in [3.8, 4) is 5.75 Å². The standard InChI is InChI=1S/C13H17NO2/c1-8-10-7-9(13(2,3)4)5-6-11(10)16-12(15)14-8/h5-8H,1-4H3,(H,14,15). The van der Waals surface area contributed by atoms with Crippen molar-refractivity contribution in [3.63, 3.8) is 0 Å². The third-order valence-electron chi connectivity index (χ3n) is 2.88. The minimum atomic E-state index is -0.372. The van der Waals surface area contributed by atoms with Gasteiger partial charge in [0.1, 0.15) is 5.75 Å². The van der Waals surface area contributed by atoms with Crippen molar-refractivity contribution < 1.29 is 9.53 Å². The first-order valence-corrected chi connectivity index (χ1v) is 5.51. The van der Waals surface area contributed by atoms with E-state index in [9.17, 15) is 4.79 Å². The molecular formula is C13H17NO2. The second kappa shape index (κ2) is 3.51. The molecule has 0 fully saturated rings. The Bertz CT molecular complexity index is 432. The Balaban J connectivity index is 2.46. The van der Waals surface area contributed by atoms with Crippen LogP contribution in [0.2, 0.25) is 0 Å². The van der Waals surface area contributed by atoms with Crippen molar-refractivity contribution in [2.45, 2.75) is 39.2 Å². The maximum atomic E-state index is 11.2. The van der Waals surface area contributed by atoms with Crippen LogP contribution in [0.4, 0.5) is 4.79 Å². The van der Waals surface area contributed by atoms with Gasteiger partial charge in [-0.25, -0.2) is 4.79 Å². The quantitative estimate of drug-likeness (QED) is 0.728. The molecule has 0 bridgehead atoms. The number of nitrogens with one attached hydrogen (secondary N) is 1. The highest BCUT2D eigenvalue weighted by molar-refractivity contribution is 5.74. The second-order valence-corrected chi connectivity index (χ2v) is 5.26. The summed E-state index contributed by atoms with van der Waals surface area (Å²) in [6.07, 6.45) is -0.372. The highest BCUT2D eigenvalue weighted by Crippen LogP contribution is 2.33. The van der Waals surface area contributed by atoms with Crippen LogP contribution in [0, 0.1) is 0 Å². The highest BCUT2D eigenvalue weighted by atomic mass is 16.6. The molecule has 16 heavy (non-hydrogen) atoms. The van der Waals surface area contributed by atoms with Crippen LogP contribution in [0.1, 0.15) is 44.9 Å². The summed E-state index contributed by atoms with van der Waals surface area (Å²) in [5.41, 5.74) is 2.40. The molecule has 1 unspecified atom stereocenters. The molecule has 3 nitrogen and oxygen atoms in total. The smallest absolute Gasteiger partial charge is 0.410 e. The lowest BCUT2D eigenvalue weighted by atomic mass is 9.85. The largest absolute Gasteiger partial charge is 0.413 e. The number of amides is 1. The molecule has 3 heteroatoms. The topological polar surface area (TPSA) is 38.3 Å². The van der Waals surface area contributed by atoms with Gasteiger partial charge in [-0.1, -0.05) is 26.8 Å². The van der Waals surface area contributed by atoms with Crippen LogP contribution in [0.3, 0.4) is 0 Å². The van der Waals surface area contributed by atoms with Crippen molar-refractivity contribution in [1.82, 2.24) is 5.32 Å². The second-order valence-electron chi connectivity index (χ2n) is 5.26. The first-order chi connectivity index (χ1) is 7.38. The maximum absolute atomic E-state index is 11.2. The number of fused-ring (bicyclic) bond motifs is 1. The Morgan fingerprint density at radius 3 is 2.62 bits per heavy atom. The highest BCUT2D eigenvalue weighted by Gasteiger charge is 2.24. The van der Waals surface area contributed by atoms with E-state index in [1.165, 1.54) is 5.56 Å². The molecule has 1 amide bonds. The monoisotopic (exact) mass is 219 g/mol. The van der Waals surface area contributed by atoms with E-state index in [0.717, 1.165) is 5.56 Å². The van der Waals surface area contributed by atoms with Crippen LogP contribution in [0.25, 0.3) is 0 Å². The summed E-state index contributed by atoms with van der Waals surface area (Å²) in [5, 5.41) is 2.75. The van der Waals surface area contributed by atoms with Crippen LogP contribution < -0.4 is 10.1 Å². The Kier molecular flexibility index (Phi) is 2.41. The molecule has 1 aromatic rings. The molecule has 0 radical (unpaired) electrons. The van der Waals surface area contributed by atoms with Gasteiger partial charge in [-0.2, -0.15) is 0 Å². The zero-order valence-corrected chi connectivity index (χ0v) is 10.1. The summed E-state index contributed by atoms with van der Waals surface area (Å²) in [7, 11) is 0. The van der Waals surface area contributed by atoms with E-state index in [2.05, 4.69) is 32.2 Å². The lowest BCUT2D eigenvalue weighted by Crippen LogP contribution is -2.34. The molecule has 2 rings (SSSR count). The summed E-state index contributed by atoms with van der Waals surface area (Å²) in [5.74, 6) is 0.671. The average Bonchev–Trinajstić information content (AvgIpc) is 2.15. The summed E-state index contributed by atoms with van der Waals surface area (Å²) in [4.78, 5) is 11.2. The van der Waals surface area contributed by atoms with Gasteiger partial charge in [-0.15, -0.1) is 0 Å². The average molecular weight is 219 g/mol. The fourth-order valence-electron chi connectivity index (χ4n) is 1.83. The lowest BCUT2D eigenvalue weighted by Gasteiger charge is -2.26. The van der Waals surface area contributed by atoms with Crippen LogP contribution in [-0.2, 0) is 5.41 Å². The number of ether oxygens (including phenoxy) is 1. The molecule has 0 aliphatic carbocycles. The lowest BCUT2D eigenvalue weighted by molar-refractivity contribution is 0.190. The zero-order chi connectivity index (χ0) is 11.9. The fourth-order valence-corrected chi connectivity index (χ4v) is 1.83. The van der Waals surface area contributed by atoms with E-state index in [-0.39, 0.29) is 17.6 Å². The van der Waals surface area contributed by atoms with Gasteiger partial charge in [0.05, 0.1) is 6.04 Å². The van der Waals surface area contributed by atoms with E-state index in [4.69, 9.17) is 4.74 Å². The number of hydrogen-bond donors (Lipinski definition) is 1. The normalized spacial score (nSPS) is 19.8. The zero-order valence-electron chi connectivity index (χ0n) is 10.1. The van der Waals surface area contributed by atoms with E-state index >= 15 is 0 Å². The molecule has 0 saturated carbocycles. The maximum Gasteiger partial charge on any atom is 0.413 e. The van der Waals surface area contributed by atoms with E-state index < -0.39 is 0 Å². The van der Waals surface area contributed by atoms with Crippen LogP contribution >= 0.6 is 0 Å². The summed E-state index contributed by atoms with van der Waals surface area (Å²) >= 11 is 0. The summed E-state index contributed by atoms with van der Waals surface area (Å²) in [6, 6.07) is 6.02. The van der Waals surface area contributed by atoms with Crippen LogP contribution in [0.15, 0.2) is 18.2 Å². The molecule has 1 N–H and O–H groups in total. The molecule has 0 saturated heterocycles. The van der Waals surface area contributed by atoms with Gasteiger partial charge in [-0.3, -0.25) is 0 Å². The number of hydrogen-bond acceptors (Lipinski definition) is 2. The van der Waals surface area contributed by atoms with Crippen molar-refractivity contribution in [2.24, 2.45) is 0 Å². The van der Waals surface area contributed by atoms with Gasteiger partial charge >= 0.3 is 6.09 Å². The van der Waals surface area contributed by atoms with Crippen LogP contribution in [-0.4, -0.2) is 6.09 Å². The van der Waals surface area contributed by atoms with Gasteiger partial charge < -0.3 is 10.1 Å². The summed E-state index contributed by atoms with van der Waals surface area (Å²) in [6.45, 7) is 8.47. The van der Waals surface area contributed by atoms with E-state index in [1.807, 2.05) is 19.1 Å². The van der Waals surface area contributed by atoms with Crippen molar-refractivity contribution >= 4 is 6.09 Å². The Morgan fingerprint density at radius 2 is 2.00 bits per heavy atom. The van der Waals surface area contributed by atoms with E-state index in [0.29, 0.717) is 5.75 Å².